The summed E-state index contributed by atoms with van der Waals surface area (Å²) in [5.41, 5.74) is 0.564. The Balaban J connectivity index is 0.000000271. The Labute approximate surface area is 162 Å². The first-order chi connectivity index (χ1) is 12.8. The van der Waals surface area contributed by atoms with Gasteiger partial charge in [-0.2, -0.15) is 0 Å². The molecular weight excluding hydrogens is 374 g/mol. The lowest BCUT2D eigenvalue weighted by atomic mass is 10.3. The minimum atomic E-state index is -0.493. The van der Waals surface area contributed by atoms with Crippen LogP contribution < -0.4 is 5.32 Å². The van der Waals surface area contributed by atoms with Crippen molar-refractivity contribution in [3.8, 4) is 0 Å². The van der Waals surface area contributed by atoms with E-state index in [1.165, 1.54) is 12.4 Å². The van der Waals surface area contributed by atoms with Gasteiger partial charge in [0.25, 0.3) is 0 Å². The molecule has 0 saturated heterocycles. The molecule has 0 aliphatic heterocycles. The highest BCUT2D eigenvalue weighted by molar-refractivity contribution is 6.32. The fourth-order valence-electron chi connectivity index (χ4n) is 1.81. The second-order valence-electron chi connectivity index (χ2n) is 4.99. The Kier molecular flexibility index (Phi) is 9.07. The van der Waals surface area contributed by atoms with Crippen LogP contribution in [0.5, 0.6) is 0 Å². The SMILES string of the molecule is CCOC(=O)c1cnc(C)nc1Cl.CCOC(=O)c1cnc(C)nc1NC. The zero-order valence-electron chi connectivity index (χ0n) is 15.9. The second-order valence-corrected chi connectivity index (χ2v) is 5.35. The van der Waals surface area contributed by atoms with Crippen LogP contribution >= 0.6 is 11.6 Å². The van der Waals surface area contributed by atoms with Crippen LogP contribution in [0.1, 0.15) is 46.2 Å². The van der Waals surface area contributed by atoms with E-state index in [4.69, 9.17) is 21.1 Å². The zero-order valence-corrected chi connectivity index (χ0v) is 16.6. The molecule has 2 heterocycles. The first-order valence-electron chi connectivity index (χ1n) is 8.18. The molecule has 0 bridgehead atoms. The van der Waals surface area contributed by atoms with Crippen LogP contribution in [0, 0.1) is 13.8 Å². The normalized spacial score (nSPS) is 9.70. The van der Waals surface area contributed by atoms with E-state index in [2.05, 4.69) is 25.3 Å². The van der Waals surface area contributed by atoms with Crippen molar-refractivity contribution in [3.05, 3.63) is 40.3 Å². The lowest BCUT2D eigenvalue weighted by Crippen LogP contribution is -2.10. The van der Waals surface area contributed by atoms with Crippen molar-refractivity contribution in [1.29, 1.82) is 0 Å². The van der Waals surface area contributed by atoms with Gasteiger partial charge >= 0.3 is 11.9 Å². The first-order valence-corrected chi connectivity index (χ1v) is 8.56. The number of hydrogen-bond acceptors (Lipinski definition) is 9. The van der Waals surface area contributed by atoms with E-state index in [-0.39, 0.29) is 10.7 Å². The molecule has 0 atom stereocenters. The van der Waals surface area contributed by atoms with E-state index >= 15 is 0 Å². The standard InChI is InChI=1S/C9H13N3O2.C8H9ClN2O2/c1-4-14-9(13)7-5-11-6(2)12-8(7)10-3;1-3-13-8(12)6-4-10-5(2)11-7(6)9/h5H,4H2,1-3H3,(H,10,11,12);4H,3H2,1-2H3. The molecule has 0 aliphatic carbocycles. The van der Waals surface area contributed by atoms with Crippen molar-refractivity contribution in [2.45, 2.75) is 27.7 Å². The molecular formula is C17H22ClN5O4. The summed E-state index contributed by atoms with van der Waals surface area (Å²) < 4.78 is 9.60. The number of rotatable bonds is 5. The third-order valence-electron chi connectivity index (χ3n) is 3.00. The Morgan fingerprint density at radius 3 is 1.93 bits per heavy atom. The number of carbonyl (C=O) groups is 2. The van der Waals surface area contributed by atoms with E-state index in [0.717, 1.165) is 0 Å². The van der Waals surface area contributed by atoms with Gasteiger partial charge in [0.05, 0.1) is 13.2 Å². The molecule has 1 N–H and O–H groups in total. The Morgan fingerprint density at radius 2 is 1.44 bits per heavy atom. The molecule has 146 valence electrons. The molecule has 0 radical (unpaired) electrons. The smallest absolute Gasteiger partial charge is 0.343 e. The van der Waals surface area contributed by atoms with Gasteiger partial charge in [0.1, 0.15) is 33.7 Å². The maximum Gasteiger partial charge on any atom is 0.343 e. The highest BCUT2D eigenvalue weighted by Crippen LogP contribution is 2.13. The summed E-state index contributed by atoms with van der Waals surface area (Å²) in [4.78, 5) is 38.3. The number of halogens is 1. The Morgan fingerprint density at radius 1 is 0.963 bits per heavy atom. The molecule has 9 nitrogen and oxygen atoms in total. The summed E-state index contributed by atoms with van der Waals surface area (Å²) in [5.74, 6) is 0.737. The Hall–Kier alpha value is -2.81. The van der Waals surface area contributed by atoms with Gasteiger partial charge in [-0.1, -0.05) is 11.6 Å². The van der Waals surface area contributed by atoms with E-state index in [1.54, 1.807) is 34.7 Å². The molecule has 10 heteroatoms. The number of hydrogen-bond donors (Lipinski definition) is 1. The lowest BCUT2D eigenvalue weighted by molar-refractivity contribution is 0.0516. The Bertz CT molecular complexity index is 801. The third-order valence-corrected chi connectivity index (χ3v) is 3.29. The van der Waals surface area contributed by atoms with Crippen LogP contribution in [0.15, 0.2) is 12.4 Å². The molecule has 2 aromatic rings. The molecule has 2 aromatic heterocycles. The quantitative estimate of drug-likeness (QED) is 0.602. The summed E-state index contributed by atoms with van der Waals surface area (Å²) in [7, 11) is 1.70. The third kappa shape index (κ3) is 6.78. The molecule has 2 rings (SSSR count). The van der Waals surface area contributed by atoms with Crippen molar-refractivity contribution < 1.29 is 19.1 Å². The van der Waals surface area contributed by atoms with Crippen molar-refractivity contribution in [3.63, 3.8) is 0 Å². The number of esters is 2. The fourth-order valence-corrected chi connectivity index (χ4v) is 2.06. The number of carbonyl (C=O) groups excluding carboxylic acids is 2. The lowest BCUT2D eigenvalue weighted by Gasteiger charge is -2.06. The summed E-state index contributed by atoms with van der Waals surface area (Å²) in [6, 6.07) is 0. The molecule has 0 amide bonds. The highest BCUT2D eigenvalue weighted by Gasteiger charge is 2.14. The van der Waals surface area contributed by atoms with Crippen LogP contribution in [0.3, 0.4) is 0 Å². The van der Waals surface area contributed by atoms with Crippen molar-refractivity contribution in [1.82, 2.24) is 19.9 Å². The monoisotopic (exact) mass is 395 g/mol. The van der Waals surface area contributed by atoms with Gasteiger partial charge in [-0.3, -0.25) is 0 Å². The number of aromatic nitrogens is 4. The van der Waals surface area contributed by atoms with E-state index in [0.29, 0.717) is 36.2 Å². The molecule has 0 fully saturated rings. The molecule has 27 heavy (non-hydrogen) atoms. The van der Waals surface area contributed by atoms with E-state index in [1.807, 2.05) is 0 Å². The number of aryl methyl sites for hydroxylation is 2. The summed E-state index contributed by atoms with van der Waals surface area (Å²) in [5, 5.41) is 2.95. The predicted octanol–water partition coefficient (Wildman–Crippen LogP) is 2.62. The van der Waals surface area contributed by atoms with Crippen LogP contribution in [0.25, 0.3) is 0 Å². The molecule has 0 saturated carbocycles. The predicted molar refractivity (Wildman–Crippen MR) is 100 cm³/mol. The van der Waals surface area contributed by atoms with Crippen molar-refractivity contribution >= 4 is 29.4 Å². The number of anilines is 1. The number of ether oxygens (including phenoxy) is 2. The van der Waals surface area contributed by atoms with Gasteiger partial charge in [-0.25, -0.2) is 29.5 Å². The van der Waals surface area contributed by atoms with Gasteiger partial charge in [0.2, 0.25) is 0 Å². The zero-order chi connectivity index (χ0) is 20.4. The van der Waals surface area contributed by atoms with E-state index in [9.17, 15) is 9.59 Å². The van der Waals surface area contributed by atoms with Crippen LogP contribution in [0.2, 0.25) is 5.15 Å². The van der Waals surface area contributed by atoms with Crippen molar-refractivity contribution in [2.75, 3.05) is 25.6 Å². The highest BCUT2D eigenvalue weighted by atomic mass is 35.5. The van der Waals surface area contributed by atoms with Gasteiger partial charge in [-0.05, 0) is 27.7 Å². The van der Waals surface area contributed by atoms with Crippen LogP contribution in [-0.4, -0.2) is 52.1 Å². The summed E-state index contributed by atoms with van der Waals surface area (Å²) >= 11 is 5.71. The number of nitrogens with zero attached hydrogens (tertiary/aromatic N) is 4. The number of nitrogens with one attached hydrogen (secondary N) is 1. The minimum Gasteiger partial charge on any atom is -0.462 e. The van der Waals surface area contributed by atoms with Crippen molar-refractivity contribution in [2.24, 2.45) is 0 Å². The fraction of sp³-hybridized carbons (Fsp3) is 0.412. The maximum atomic E-state index is 11.4. The van der Waals surface area contributed by atoms with Gasteiger partial charge in [0.15, 0.2) is 0 Å². The molecule has 0 unspecified atom stereocenters. The summed E-state index contributed by atoms with van der Waals surface area (Å²) in [6.45, 7) is 7.59. The summed E-state index contributed by atoms with van der Waals surface area (Å²) in [6.07, 6.45) is 2.83. The largest absolute Gasteiger partial charge is 0.462 e. The van der Waals surface area contributed by atoms with Gasteiger partial charge in [0, 0.05) is 19.4 Å². The topological polar surface area (TPSA) is 116 Å². The van der Waals surface area contributed by atoms with Crippen LogP contribution in [0.4, 0.5) is 5.82 Å². The molecule has 0 aromatic carbocycles. The van der Waals surface area contributed by atoms with E-state index < -0.39 is 11.9 Å². The minimum absolute atomic E-state index is 0.131. The first kappa shape index (κ1) is 22.2. The second kappa shape index (κ2) is 11.0. The van der Waals surface area contributed by atoms with Crippen LogP contribution in [-0.2, 0) is 9.47 Å². The average molecular weight is 396 g/mol. The molecule has 0 aliphatic rings. The van der Waals surface area contributed by atoms with Gasteiger partial charge in [-0.15, -0.1) is 0 Å². The van der Waals surface area contributed by atoms with Gasteiger partial charge < -0.3 is 14.8 Å². The average Bonchev–Trinajstić information content (AvgIpc) is 2.62. The molecule has 0 spiro atoms. The maximum absolute atomic E-state index is 11.4.